The molecule has 0 atom stereocenters. The maximum absolute atomic E-state index is 6.36. The molecule has 12 rings (SSSR count). The second-order valence-electron chi connectivity index (χ2n) is 16.9. The molecule has 292 valence electrons. The van der Waals surface area contributed by atoms with Crippen LogP contribution in [0.15, 0.2) is 211 Å². The molecule has 0 saturated carbocycles. The molecular formula is C59H40N2O. The van der Waals surface area contributed by atoms with E-state index in [2.05, 4.69) is 214 Å². The minimum atomic E-state index is -0.0767. The Hall–Kier alpha value is -7.88. The first-order valence-corrected chi connectivity index (χ1v) is 21.3. The van der Waals surface area contributed by atoms with Crippen LogP contribution in [0.1, 0.15) is 25.0 Å². The molecule has 0 amide bonds. The van der Waals surface area contributed by atoms with Crippen molar-refractivity contribution in [1.29, 1.82) is 0 Å². The van der Waals surface area contributed by atoms with Crippen LogP contribution in [-0.4, -0.2) is 9.97 Å². The second kappa shape index (κ2) is 14.1. The molecule has 0 saturated heterocycles. The quantitative estimate of drug-likeness (QED) is 0.168. The summed E-state index contributed by atoms with van der Waals surface area (Å²) in [6, 6.07) is 73.8. The van der Waals surface area contributed by atoms with Gasteiger partial charge in [0.1, 0.15) is 11.2 Å². The average molecular weight is 793 g/mol. The topological polar surface area (TPSA) is 38.9 Å². The Labute approximate surface area is 360 Å². The van der Waals surface area contributed by atoms with E-state index < -0.39 is 0 Å². The summed E-state index contributed by atoms with van der Waals surface area (Å²) in [5.74, 6) is 0.676. The molecule has 9 aromatic carbocycles. The number of benzene rings is 9. The van der Waals surface area contributed by atoms with Gasteiger partial charge >= 0.3 is 0 Å². The van der Waals surface area contributed by atoms with Gasteiger partial charge < -0.3 is 4.42 Å². The third-order valence-electron chi connectivity index (χ3n) is 12.9. The Morgan fingerprint density at radius 2 is 0.952 bits per heavy atom. The lowest BCUT2D eigenvalue weighted by Gasteiger charge is -2.21. The van der Waals surface area contributed by atoms with Crippen molar-refractivity contribution >= 4 is 32.7 Å². The molecule has 0 unspecified atom stereocenters. The fourth-order valence-electron chi connectivity index (χ4n) is 9.74. The van der Waals surface area contributed by atoms with Gasteiger partial charge in [-0.3, -0.25) is 0 Å². The van der Waals surface area contributed by atoms with Gasteiger partial charge in [0.2, 0.25) is 0 Å². The van der Waals surface area contributed by atoms with Gasteiger partial charge in [0, 0.05) is 32.9 Å². The summed E-state index contributed by atoms with van der Waals surface area (Å²) in [7, 11) is 0. The van der Waals surface area contributed by atoms with Gasteiger partial charge in [-0.2, -0.15) is 0 Å². The number of hydrogen-bond donors (Lipinski definition) is 0. The van der Waals surface area contributed by atoms with Crippen LogP contribution in [0, 0.1) is 0 Å². The molecule has 1 aliphatic carbocycles. The molecule has 2 heterocycles. The van der Waals surface area contributed by atoms with Crippen LogP contribution in [0.4, 0.5) is 0 Å². The normalized spacial score (nSPS) is 12.8. The predicted octanol–water partition coefficient (Wildman–Crippen LogP) is 15.8. The summed E-state index contributed by atoms with van der Waals surface area (Å²) in [6.07, 6.45) is 0. The molecule has 1 aliphatic rings. The molecular weight excluding hydrogens is 753 g/mol. The molecule has 0 fully saturated rings. The Morgan fingerprint density at radius 1 is 0.371 bits per heavy atom. The molecule has 3 nitrogen and oxygen atoms in total. The van der Waals surface area contributed by atoms with Crippen LogP contribution in [0.5, 0.6) is 0 Å². The van der Waals surface area contributed by atoms with Crippen molar-refractivity contribution in [3.8, 4) is 78.4 Å². The zero-order valence-corrected chi connectivity index (χ0v) is 34.4. The van der Waals surface area contributed by atoms with E-state index in [1.165, 1.54) is 55.3 Å². The number of furan rings is 1. The van der Waals surface area contributed by atoms with Crippen LogP contribution >= 0.6 is 0 Å². The summed E-state index contributed by atoms with van der Waals surface area (Å²) in [5, 5.41) is 4.56. The number of rotatable bonds is 6. The fourth-order valence-corrected chi connectivity index (χ4v) is 9.74. The number of hydrogen-bond acceptors (Lipinski definition) is 3. The summed E-state index contributed by atoms with van der Waals surface area (Å²) in [4.78, 5) is 10.5. The number of nitrogens with zero attached hydrogens (tertiary/aromatic N) is 2. The largest absolute Gasteiger partial charge is 0.456 e. The maximum Gasteiger partial charge on any atom is 0.160 e. The second-order valence-corrected chi connectivity index (χ2v) is 16.9. The summed E-state index contributed by atoms with van der Waals surface area (Å²) in [6.45, 7) is 4.69. The molecule has 62 heavy (non-hydrogen) atoms. The van der Waals surface area contributed by atoms with E-state index in [9.17, 15) is 0 Å². The monoisotopic (exact) mass is 792 g/mol. The lowest BCUT2D eigenvalue weighted by atomic mass is 9.82. The van der Waals surface area contributed by atoms with Crippen LogP contribution in [0.3, 0.4) is 0 Å². The highest BCUT2D eigenvalue weighted by atomic mass is 16.3. The first-order valence-electron chi connectivity index (χ1n) is 21.3. The Bertz CT molecular complexity index is 3530. The van der Waals surface area contributed by atoms with Gasteiger partial charge in [-0.15, -0.1) is 0 Å². The molecule has 3 heteroatoms. The Balaban J connectivity index is 0.980. The molecule has 0 N–H and O–H groups in total. The lowest BCUT2D eigenvalue weighted by molar-refractivity contribution is 0.660. The van der Waals surface area contributed by atoms with Gasteiger partial charge in [-0.1, -0.05) is 172 Å². The minimum absolute atomic E-state index is 0.0767. The van der Waals surface area contributed by atoms with Crippen molar-refractivity contribution in [3.63, 3.8) is 0 Å². The standard InChI is InChI=1S/C59H40N2O/c1-59(2)50-22-12-11-20-48(50)56-47(21-13-23-51(56)59)45-33-43(37-14-5-3-6-15-37)32-44(34-45)38-24-26-41(27-25-38)58-60-52(40-17-7-4-8-18-40)36-53(61-58)42-29-30-54-49(35-42)57-46-19-10-9-16-39(46)28-31-55(57)62-54/h3-36H,1-2H3. The van der Waals surface area contributed by atoms with E-state index in [-0.39, 0.29) is 5.41 Å². The highest BCUT2D eigenvalue weighted by Crippen LogP contribution is 2.52. The maximum atomic E-state index is 6.36. The van der Waals surface area contributed by atoms with Crippen LogP contribution < -0.4 is 0 Å². The molecule has 0 radical (unpaired) electrons. The van der Waals surface area contributed by atoms with Gasteiger partial charge in [0.25, 0.3) is 0 Å². The van der Waals surface area contributed by atoms with Crippen molar-refractivity contribution in [2.75, 3.05) is 0 Å². The fraction of sp³-hybridized carbons (Fsp3) is 0.0508. The predicted molar refractivity (Wildman–Crippen MR) is 257 cm³/mol. The van der Waals surface area contributed by atoms with Gasteiger partial charge in [0.05, 0.1) is 11.4 Å². The van der Waals surface area contributed by atoms with E-state index in [0.717, 1.165) is 61.1 Å². The number of fused-ring (bicyclic) bond motifs is 8. The molecule has 0 bridgehead atoms. The lowest BCUT2D eigenvalue weighted by Crippen LogP contribution is -2.14. The highest BCUT2D eigenvalue weighted by molar-refractivity contribution is 6.19. The van der Waals surface area contributed by atoms with Gasteiger partial charge in [-0.05, 0) is 115 Å². The molecule has 0 spiro atoms. The minimum Gasteiger partial charge on any atom is -0.456 e. The average Bonchev–Trinajstić information content (AvgIpc) is 3.83. The van der Waals surface area contributed by atoms with Gasteiger partial charge in [0.15, 0.2) is 5.82 Å². The van der Waals surface area contributed by atoms with Crippen molar-refractivity contribution in [2.24, 2.45) is 0 Å². The third-order valence-corrected chi connectivity index (χ3v) is 12.9. The van der Waals surface area contributed by atoms with E-state index in [1.54, 1.807) is 0 Å². The summed E-state index contributed by atoms with van der Waals surface area (Å²) in [5.41, 5.74) is 18.9. The smallest absolute Gasteiger partial charge is 0.160 e. The molecule has 0 aliphatic heterocycles. The van der Waals surface area contributed by atoms with Crippen LogP contribution in [-0.2, 0) is 5.41 Å². The van der Waals surface area contributed by atoms with E-state index >= 15 is 0 Å². The molecule has 2 aromatic heterocycles. The zero-order valence-electron chi connectivity index (χ0n) is 34.4. The van der Waals surface area contributed by atoms with E-state index in [0.29, 0.717) is 5.82 Å². The third kappa shape index (κ3) is 5.89. The van der Waals surface area contributed by atoms with Crippen LogP contribution in [0.25, 0.3) is 111 Å². The Morgan fingerprint density at radius 3 is 1.74 bits per heavy atom. The van der Waals surface area contributed by atoms with Crippen molar-refractivity contribution in [2.45, 2.75) is 19.3 Å². The Kier molecular flexibility index (Phi) is 8.20. The zero-order chi connectivity index (χ0) is 41.4. The van der Waals surface area contributed by atoms with Crippen molar-refractivity contribution < 1.29 is 4.42 Å². The molecule has 11 aromatic rings. The van der Waals surface area contributed by atoms with Crippen molar-refractivity contribution in [3.05, 3.63) is 217 Å². The first-order chi connectivity index (χ1) is 30.5. The first kappa shape index (κ1) is 36.0. The number of aromatic nitrogens is 2. The highest BCUT2D eigenvalue weighted by Gasteiger charge is 2.36. The van der Waals surface area contributed by atoms with E-state index in [1.807, 2.05) is 6.07 Å². The summed E-state index contributed by atoms with van der Waals surface area (Å²) >= 11 is 0. The summed E-state index contributed by atoms with van der Waals surface area (Å²) < 4.78 is 6.36. The van der Waals surface area contributed by atoms with Crippen LogP contribution in [0.2, 0.25) is 0 Å². The van der Waals surface area contributed by atoms with E-state index in [4.69, 9.17) is 14.4 Å². The van der Waals surface area contributed by atoms with Gasteiger partial charge in [-0.25, -0.2) is 9.97 Å². The van der Waals surface area contributed by atoms with Crippen molar-refractivity contribution in [1.82, 2.24) is 9.97 Å². The SMILES string of the molecule is CC1(C)c2ccccc2-c2c(-c3cc(-c4ccccc4)cc(-c4ccc(-c5nc(-c6ccccc6)cc(-c6ccc7oc8ccc9ccccc9c8c7c6)n5)cc4)c3)cccc21.